The normalized spacial score (nSPS) is 10.2. The highest BCUT2D eigenvalue weighted by atomic mass is 16.6. The van der Waals surface area contributed by atoms with E-state index in [0.29, 0.717) is 12.4 Å². The smallest absolute Gasteiger partial charge is 0.311 e. The number of aromatic nitrogens is 2. The zero-order chi connectivity index (χ0) is 13.7. The molecule has 19 heavy (non-hydrogen) atoms. The Kier molecular flexibility index (Phi) is 4.02. The van der Waals surface area contributed by atoms with Gasteiger partial charge in [0, 0.05) is 30.7 Å². The van der Waals surface area contributed by atoms with Crippen LogP contribution in [0.1, 0.15) is 11.3 Å². The first-order valence-corrected chi connectivity index (χ1v) is 5.91. The molecule has 0 atom stereocenters. The van der Waals surface area contributed by atoms with Crippen LogP contribution >= 0.6 is 0 Å². The van der Waals surface area contributed by atoms with Gasteiger partial charge < -0.3 is 5.32 Å². The Labute approximate surface area is 110 Å². The molecule has 0 saturated carbocycles. The first-order valence-electron chi connectivity index (χ1n) is 5.91. The van der Waals surface area contributed by atoms with E-state index in [1.54, 1.807) is 25.4 Å². The molecule has 0 aliphatic heterocycles. The minimum absolute atomic E-state index is 0.000304. The Morgan fingerprint density at radius 1 is 1.26 bits per heavy atom. The van der Waals surface area contributed by atoms with E-state index in [-0.39, 0.29) is 5.69 Å². The first kappa shape index (κ1) is 12.9. The third-order valence-corrected chi connectivity index (χ3v) is 2.67. The van der Waals surface area contributed by atoms with E-state index < -0.39 is 4.92 Å². The summed E-state index contributed by atoms with van der Waals surface area (Å²) in [5.74, 6) is 0.319. The Morgan fingerprint density at radius 2 is 2.00 bits per heavy atom. The molecule has 2 heterocycles. The van der Waals surface area contributed by atoms with Gasteiger partial charge in [0.25, 0.3) is 0 Å². The van der Waals surface area contributed by atoms with Gasteiger partial charge in [-0.1, -0.05) is 0 Å². The van der Waals surface area contributed by atoms with Gasteiger partial charge in [-0.2, -0.15) is 0 Å². The van der Waals surface area contributed by atoms with Crippen LogP contribution in [0, 0.1) is 17.0 Å². The highest BCUT2D eigenvalue weighted by molar-refractivity contribution is 5.56. The summed E-state index contributed by atoms with van der Waals surface area (Å²) in [6, 6.07) is 6.93. The Bertz CT molecular complexity index is 572. The summed E-state index contributed by atoms with van der Waals surface area (Å²) in [6.07, 6.45) is 4.21. The van der Waals surface area contributed by atoms with Gasteiger partial charge in [0.2, 0.25) is 5.82 Å². The average molecular weight is 258 g/mol. The lowest BCUT2D eigenvalue weighted by molar-refractivity contribution is -0.384. The molecule has 0 radical (unpaired) electrons. The molecule has 0 fully saturated rings. The second kappa shape index (κ2) is 5.90. The first-order chi connectivity index (χ1) is 9.16. The summed E-state index contributed by atoms with van der Waals surface area (Å²) in [4.78, 5) is 18.6. The number of aryl methyl sites for hydroxylation is 1. The van der Waals surface area contributed by atoms with Crippen molar-refractivity contribution in [1.82, 2.24) is 9.97 Å². The minimum Gasteiger partial charge on any atom is -0.364 e. The summed E-state index contributed by atoms with van der Waals surface area (Å²) in [7, 11) is 0. The molecule has 6 nitrogen and oxygen atoms in total. The fourth-order valence-corrected chi connectivity index (χ4v) is 1.70. The molecular weight excluding hydrogens is 244 g/mol. The number of pyridine rings is 2. The van der Waals surface area contributed by atoms with E-state index in [1.807, 2.05) is 12.1 Å². The molecule has 0 saturated heterocycles. The topological polar surface area (TPSA) is 81.0 Å². The molecule has 0 unspecified atom stereocenters. The zero-order valence-electron chi connectivity index (χ0n) is 10.5. The molecule has 0 bridgehead atoms. The van der Waals surface area contributed by atoms with E-state index in [9.17, 15) is 10.1 Å². The van der Waals surface area contributed by atoms with E-state index >= 15 is 0 Å². The van der Waals surface area contributed by atoms with Gasteiger partial charge in [-0.05, 0) is 37.1 Å². The van der Waals surface area contributed by atoms with Crippen molar-refractivity contribution >= 4 is 11.5 Å². The van der Waals surface area contributed by atoms with Gasteiger partial charge in [0.1, 0.15) is 0 Å². The van der Waals surface area contributed by atoms with Crippen molar-refractivity contribution in [3.63, 3.8) is 0 Å². The Morgan fingerprint density at radius 3 is 2.68 bits per heavy atom. The van der Waals surface area contributed by atoms with Crippen molar-refractivity contribution in [3.05, 3.63) is 58.0 Å². The predicted molar refractivity (Wildman–Crippen MR) is 72.1 cm³/mol. The Hall–Kier alpha value is -2.50. The lowest BCUT2D eigenvalue weighted by atomic mass is 10.2. The summed E-state index contributed by atoms with van der Waals surface area (Å²) >= 11 is 0. The predicted octanol–water partition coefficient (Wildman–Crippen LogP) is 2.35. The van der Waals surface area contributed by atoms with Gasteiger partial charge in [0.05, 0.1) is 4.92 Å². The SMILES string of the molecule is Cc1ccc([N+](=O)[O-])c(NCCc2ccncc2)n1. The number of rotatable bonds is 5. The average Bonchev–Trinajstić information content (AvgIpc) is 2.39. The maximum atomic E-state index is 10.9. The van der Waals surface area contributed by atoms with Crippen LogP contribution in [-0.2, 0) is 6.42 Å². The van der Waals surface area contributed by atoms with Crippen LogP contribution in [0.2, 0.25) is 0 Å². The molecule has 0 aromatic carbocycles. The van der Waals surface area contributed by atoms with E-state index in [2.05, 4.69) is 15.3 Å². The van der Waals surface area contributed by atoms with Gasteiger partial charge in [-0.15, -0.1) is 0 Å². The number of hydrogen-bond acceptors (Lipinski definition) is 5. The minimum atomic E-state index is -0.429. The van der Waals surface area contributed by atoms with Gasteiger partial charge >= 0.3 is 5.69 Å². The van der Waals surface area contributed by atoms with E-state index in [4.69, 9.17) is 0 Å². The molecule has 6 heteroatoms. The van der Waals surface area contributed by atoms with Crippen LogP contribution in [0.15, 0.2) is 36.7 Å². The molecule has 0 aliphatic rings. The number of nitrogens with one attached hydrogen (secondary N) is 1. The standard InChI is InChI=1S/C13H14N4O2/c1-10-2-3-12(17(18)19)13(16-10)15-9-6-11-4-7-14-8-5-11/h2-5,7-8H,6,9H2,1H3,(H,15,16). The second-order valence-corrected chi connectivity index (χ2v) is 4.11. The Balaban J connectivity index is 2.03. The zero-order valence-corrected chi connectivity index (χ0v) is 10.5. The second-order valence-electron chi connectivity index (χ2n) is 4.11. The van der Waals surface area contributed by atoms with Crippen molar-refractivity contribution < 1.29 is 4.92 Å². The van der Waals surface area contributed by atoms with Crippen LogP contribution in [0.25, 0.3) is 0 Å². The number of hydrogen-bond donors (Lipinski definition) is 1. The highest BCUT2D eigenvalue weighted by Gasteiger charge is 2.14. The molecule has 0 aliphatic carbocycles. The maximum Gasteiger partial charge on any atom is 0.311 e. The summed E-state index contributed by atoms with van der Waals surface area (Å²) in [6.45, 7) is 2.39. The lowest BCUT2D eigenvalue weighted by Crippen LogP contribution is -2.09. The molecule has 2 aromatic rings. The van der Waals surface area contributed by atoms with E-state index in [1.165, 1.54) is 6.07 Å². The highest BCUT2D eigenvalue weighted by Crippen LogP contribution is 2.21. The fraction of sp³-hybridized carbons (Fsp3) is 0.231. The molecule has 1 N–H and O–H groups in total. The molecule has 98 valence electrons. The van der Waals surface area contributed by atoms with Crippen molar-refractivity contribution in [1.29, 1.82) is 0 Å². The number of anilines is 1. The van der Waals surface area contributed by atoms with E-state index in [0.717, 1.165) is 17.7 Å². The monoisotopic (exact) mass is 258 g/mol. The molecular formula is C13H14N4O2. The maximum absolute atomic E-state index is 10.9. The van der Waals surface area contributed by atoms with Crippen LogP contribution < -0.4 is 5.32 Å². The largest absolute Gasteiger partial charge is 0.364 e. The molecule has 2 aromatic heterocycles. The van der Waals surface area contributed by atoms with Crippen LogP contribution in [-0.4, -0.2) is 21.4 Å². The summed E-state index contributed by atoms with van der Waals surface area (Å²) in [5.41, 5.74) is 1.87. The van der Waals surface area contributed by atoms with Crippen molar-refractivity contribution in [2.24, 2.45) is 0 Å². The third-order valence-electron chi connectivity index (χ3n) is 2.67. The number of nitro groups is 1. The molecule has 0 spiro atoms. The van der Waals surface area contributed by atoms with Crippen LogP contribution in [0.4, 0.5) is 11.5 Å². The van der Waals surface area contributed by atoms with Gasteiger partial charge in [-0.3, -0.25) is 15.1 Å². The van der Waals surface area contributed by atoms with Crippen molar-refractivity contribution in [2.45, 2.75) is 13.3 Å². The third kappa shape index (κ3) is 3.48. The van der Waals surface area contributed by atoms with Crippen LogP contribution in [0.5, 0.6) is 0 Å². The summed E-state index contributed by atoms with van der Waals surface area (Å²) in [5, 5.41) is 13.9. The molecule has 0 amide bonds. The van der Waals surface area contributed by atoms with Crippen molar-refractivity contribution in [3.8, 4) is 0 Å². The number of nitrogens with zero attached hydrogens (tertiary/aromatic N) is 3. The quantitative estimate of drug-likeness (QED) is 0.657. The molecule has 2 rings (SSSR count). The lowest BCUT2D eigenvalue weighted by Gasteiger charge is -2.06. The fourth-order valence-electron chi connectivity index (χ4n) is 1.70. The van der Waals surface area contributed by atoms with Gasteiger partial charge in [0.15, 0.2) is 0 Å². The summed E-state index contributed by atoms with van der Waals surface area (Å²) < 4.78 is 0. The van der Waals surface area contributed by atoms with Gasteiger partial charge in [-0.25, -0.2) is 4.98 Å². The van der Waals surface area contributed by atoms with Crippen LogP contribution in [0.3, 0.4) is 0 Å². The van der Waals surface area contributed by atoms with Crippen molar-refractivity contribution in [2.75, 3.05) is 11.9 Å².